The van der Waals surface area contributed by atoms with Crippen molar-refractivity contribution in [3.63, 3.8) is 0 Å². The summed E-state index contributed by atoms with van der Waals surface area (Å²) in [6.07, 6.45) is 7.25. The summed E-state index contributed by atoms with van der Waals surface area (Å²) in [5, 5.41) is 7.63. The molecular weight excluding hydrogens is 381 g/mol. The molecule has 0 atom stereocenters. The lowest BCUT2D eigenvalue weighted by Crippen LogP contribution is -2.00. The minimum Gasteiger partial charge on any atom is -0.351 e. The third-order valence-electron chi connectivity index (χ3n) is 4.82. The van der Waals surface area contributed by atoms with Crippen molar-refractivity contribution in [1.29, 1.82) is 0 Å². The number of benzene rings is 1. The molecule has 0 aliphatic heterocycles. The lowest BCUT2D eigenvalue weighted by atomic mass is 10.1. The van der Waals surface area contributed by atoms with Crippen molar-refractivity contribution in [1.82, 2.24) is 29.1 Å². The van der Waals surface area contributed by atoms with E-state index in [2.05, 4.69) is 20.4 Å². The summed E-state index contributed by atoms with van der Waals surface area (Å²) in [5.41, 5.74) is 4.97. The molecule has 8 heteroatoms. The number of anilines is 2. The van der Waals surface area contributed by atoms with E-state index >= 15 is 0 Å². The van der Waals surface area contributed by atoms with Crippen molar-refractivity contribution in [2.24, 2.45) is 0 Å². The van der Waals surface area contributed by atoms with Gasteiger partial charge in [-0.1, -0.05) is 0 Å². The molecule has 5 aromatic rings. The molecule has 0 spiro atoms. The van der Waals surface area contributed by atoms with Crippen molar-refractivity contribution in [2.45, 2.75) is 13.8 Å². The monoisotopic (exact) mass is 399 g/mol. The topological polar surface area (TPSA) is 72.9 Å². The number of nitrogens with zero attached hydrogens (tertiary/aromatic N) is 6. The van der Waals surface area contributed by atoms with E-state index in [1.165, 1.54) is 12.1 Å². The number of nitrogens with one attached hydrogen (secondary N) is 1. The zero-order valence-corrected chi connectivity index (χ0v) is 16.4. The number of aromatic nitrogens is 6. The summed E-state index contributed by atoms with van der Waals surface area (Å²) < 4.78 is 17.0. The van der Waals surface area contributed by atoms with Crippen LogP contribution in [0.25, 0.3) is 22.7 Å². The zero-order chi connectivity index (χ0) is 20.7. The smallest absolute Gasteiger partial charge is 0.161 e. The molecule has 148 valence electrons. The fourth-order valence-electron chi connectivity index (χ4n) is 3.36. The second-order valence-corrected chi connectivity index (χ2v) is 7.00. The largest absolute Gasteiger partial charge is 0.351 e. The van der Waals surface area contributed by atoms with Gasteiger partial charge < -0.3 is 9.72 Å². The molecular formula is C22H18FN7. The Morgan fingerprint density at radius 3 is 2.67 bits per heavy atom. The Morgan fingerprint density at radius 2 is 1.93 bits per heavy atom. The average molecular weight is 399 g/mol. The Bertz CT molecular complexity index is 1350. The number of rotatable bonds is 4. The molecule has 30 heavy (non-hydrogen) atoms. The molecule has 0 saturated carbocycles. The summed E-state index contributed by atoms with van der Waals surface area (Å²) in [6.45, 7) is 3.71. The quantitative estimate of drug-likeness (QED) is 0.482. The van der Waals surface area contributed by atoms with E-state index in [4.69, 9.17) is 4.98 Å². The zero-order valence-electron chi connectivity index (χ0n) is 16.4. The normalized spacial score (nSPS) is 11.2. The SMILES string of the molecule is Cc1ncn(-c2ccc(Nc3cccn4cc(-c5ccc(F)cc5C)nc34)cn2)n1. The Hall–Kier alpha value is -4.07. The predicted octanol–water partition coefficient (Wildman–Crippen LogP) is 4.48. The first kappa shape index (κ1) is 18.0. The molecule has 0 aliphatic rings. The predicted molar refractivity (Wildman–Crippen MR) is 112 cm³/mol. The summed E-state index contributed by atoms with van der Waals surface area (Å²) in [7, 11) is 0. The maximum absolute atomic E-state index is 13.5. The second-order valence-electron chi connectivity index (χ2n) is 7.00. The molecule has 1 N–H and O–H groups in total. The molecule has 4 aromatic heterocycles. The van der Waals surface area contributed by atoms with Gasteiger partial charge in [-0.3, -0.25) is 0 Å². The van der Waals surface area contributed by atoms with Crippen LogP contribution in [-0.4, -0.2) is 29.1 Å². The van der Waals surface area contributed by atoms with Crippen LogP contribution in [0.15, 0.2) is 67.4 Å². The third-order valence-corrected chi connectivity index (χ3v) is 4.82. The van der Waals surface area contributed by atoms with Crippen molar-refractivity contribution in [3.8, 4) is 17.1 Å². The van der Waals surface area contributed by atoms with Gasteiger partial charge in [0, 0.05) is 18.0 Å². The van der Waals surface area contributed by atoms with E-state index in [1.54, 1.807) is 23.3 Å². The maximum atomic E-state index is 13.5. The Kier molecular flexibility index (Phi) is 4.24. The Balaban J connectivity index is 1.47. The number of hydrogen-bond acceptors (Lipinski definition) is 5. The highest BCUT2D eigenvalue weighted by Crippen LogP contribution is 2.27. The molecule has 0 unspecified atom stereocenters. The first-order valence-corrected chi connectivity index (χ1v) is 9.43. The summed E-state index contributed by atoms with van der Waals surface area (Å²) in [5.74, 6) is 1.13. The highest BCUT2D eigenvalue weighted by atomic mass is 19.1. The standard InChI is InChI=1S/C22H18FN7/c1-14-10-16(23)5-7-18(14)20-12-29-9-3-4-19(22(29)27-20)26-17-6-8-21(24-11-17)30-13-25-15(2)28-30/h3-13,26H,1-2H3. The number of halogens is 1. The van der Waals surface area contributed by atoms with Gasteiger partial charge in [0.05, 0.1) is 23.3 Å². The Morgan fingerprint density at radius 1 is 1.03 bits per heavy atom. The number of aryl methyl sites for hydroxylation is 2. The van der Waals surface area contributed by atoms with E-state index in [9.17, 15) is 4.39 Å². The number of imidazole rings is 1. The number of fused-ring (bicyclic) bond motifs is 1. The molecule has 0 radical (unpaired) electrons. The van der Waals surface area contributed by atoms with Crippen molar-refractivity contribution < 1.29 is 4.39 Å². The average Bonchev–Trinajstić information content (AvgIpc) is 3.35. The summed E-state index contributed by atoms with van der Waals surface area (Å²) in [6, 6.07) is 12.4. The van der Waals surface area contributed by atoms with E-state index in [1.807, 2.05) is 54.9 Å². The maximum Gasteiger partial charge on any atom is 0.161 e. The van der Waals surface area contributed by atoms with Crippen LogP contribution in [0.2, 0.25) is 0 Å². The van der Waals surface area contributed by atoms with Gasteiger partial charge in [0.2, 0.25) is 0 Å². The third kappa shape index (κ3) is 3.28. The second kappa shape index (κ2) is 7.07. The van der Waals surface area contributed by atoms with Crippen LogP contribution >= 0.6 is 0 Å². The van der Waals surface area contributed by atoms with Gasteiger partial charge in [-0.2, -0.15) is 5.10 Å². The van der Waals surface area contributed by atoms with Gasteiger partial charge in [0.15, 0.2) is 11.5 Å². The van der Waals surface area contributed by atoms with Gasteiger partial charge in [-0.05, 0) is 61.9 Å². The molecule has 0 amide bonds. The fourth-order valence-corrected chi connectivity index (χ4v) is 3.36. The van der Waals surface area contributed by atoms with Crippen LogP contribution in [-0.2, 0) is 0 Å². The first-order valence-electron chi connectivity index (χ1n) is 9.43. The lowest BCUT2D eigenvalue weighted by molar-refractivity contribution is 0.627. The van der Waals surface area contributed by atoms with Crippen molar-refractivity contribution in [3.05, 3.63) is 84.6 Å². The van der Waals surface area contributed by atoms with E-state index < -0.39 is 0 Å². The van der Waals surface area contributed by atoms with E-state index in [-0.39, 0.29) is 5.82 Å². The van der Waals surface area contributed by atoms with Gasteiger partial charge >= 0.3 is 0 Å². The van der Waals surface area contributed by atoms with Crippen molar-refractivity contribution in [2.75, 3.05) is 5.32 Å². The molecule has 0 bridgehead atoms. The first-order chi connectivity index (χ1) is 14.6. The molecule has 1 aromatic carbocycles. The highest BCUT2D eigenvalue weighted by Gasteiger charge is 2.11. The molecule has 0 aliphatic carbocycles. The van der Waals surface area contributed by atoms with Crippen LogP contribution in [0.3, 0.4) is 0 Å². The number of hydrogen-bond donors (Lipinski definition) is 1. The summed E-state index contributed by atoms with van der Waals surface area (Å²) >= 11 is 0. The molecule has 0 fully saturated rings. The lowest BCUT2D eigenvalue weighted by Gasteiger charge is -2.08. The minimum absolute atomic E-state index is 0.251. The fraction of sp³-hybridized carbons (Fsp3) is 0.0909. The number of pyridine rings is 2. The van der Waals surface area contributed by atoms with Crippen molar-refractivity contribution >= 4 is 17.0 Å². The molecule has 7 nitrogen and oxygen atoms in total. The van der Waals surface area contributed by atoms with Gasteiger partial charge in [-0.15, -0.1) is 0 Å². The van der Waals surface area contributed by atoms with Crippen LogP contribution in [0.4, 0.5) is 15.8 Å². The molecule has 4 heterocycles. The molecule has 0 saturated heterocycles. The summed E-state index contributed by atoms with van der Waals surface area (Å²) in [4.78, 5) is 13.3. The van der Waals surface area contributed by atoms with Gasteiger partial charge in [0.25, 0.3) is 0 Å². The van der Waals surface area contributed by atoms with Crippen LogP contribution in [0.5, 0.6) is 0 Å². The van der Waals surface area contributed by atoms with Crippen LogP contribution in [0.1, 0.15) is 11.4 Å². The van der Waals surface area contributed by atoms with Crippen LogP contribution < -0.4 is 5.32 Å². The Labute approximate surface area is 171 Å². The van der Waals surface area contributed by atoms with Gasteiger partial charge in [-0.25, -0.2) is 24.0 Å². The van der Waals surface area contributed by atoms with E-state index in [0.717, 1.165) is 33.8 Å². The van der Waals surface area contributed by atoms with Gasteiger partial charge in [0.1, 0.15) is 18.0 Å². The highest BCUT2D eigenvalue weighted by molar-refractivity contribution is 5.77. The van der Waals surface area contributed by atoms with Crippen LogP contribution in [0, 0.1) is 19.7 Å². The minimum atomic E-state index is -0.251. The van der Waals surface area contributed by atoms with E-state index in [0.29, 0.717) is 11.6 Å². The molecule has 5 rings (SSSR count).